The highest BCUT2D eigenvalue weighted by Gasteiger charge is 2.12. The molecule has 0 saturated carbocycles. The summed E-state index contributed by atoms with van der Waals surface area (Å²) in [7, 11) is 0. The predicted octanol–water partition coefficient (Wildman–Crippen LogP) is 3.11. The molecule has 0 heterocycles. The number of nitrogens with zero attached hydrogens (tertiary/aromatic N) is 1. The van der Waals surface area contributed by atoms with E-state index < -0.39 is 17.6 Å². The topological polar surface area (TPSA) is 62.1 Å². The SMILES string of the molecule is CCOC(=O)/C(C#N)=C/Nc1c(F)cc(F)cc1Br. The molecule has 7 heteroatoms. The molecule has 0 spiro atoms. The van der Waals surface area contributed by atoms with Gasteiger partial charge in [-0.05, 0) is 28.9 Å². The second-order valence-electron chi connectivity index (χ2n) is 3.28. The van der Waals surface area contributed by atoms with E-state index in [1.54, 1.807) is 13.0 Å². The van der Waals surface area contributed by atoms with Gasteiger partial charge in [-0.15, -0.1) is 0 Å². The quantitative estimate of drug-likeness (QED) is 0.523. The van der Waals surface area contributed by atoms with Crippen LogP contribution >= 0.6 is 15.9 Å². The molecule has 0 aliphatic rings. The van der Waals surface area contributed by atoms with Crippen molar-refractivity contribution >= 4 is 27.6 Å². The van der Waals surface area contributed by atoms with Crippen LogP contribution in [0.15, 0.2) is 28.4 Å². The fourth-order valence-electron chi connectivity index (χ4n) is 1.17. The minimum atomic E-state index is -0.857. The van der Waals surface area contributed by atoms with E-state index in [2.05, 4.69) is 26.0 Å². The molecule has 0 aliphatic heterocycles. The van der Waals surface area contributed by atoms with Crippen LogP contribution in [0.2, 0.25) is 0 Å². The molecule has 0 unspecified atom stereocenters. The van der Waals surface area contributed by atoms with Crippen molar-refractivity contribution in [3.63, 3.8) is 0 Å². The van der Waals surface area contributed by atoms with Gasteiger partial charge in [-0.3, -0.25) is 0 Å². The van der Waals surface area contributed by atoms with Crippen LogP contribution in [0.1, 0.15) is 6.92 Å². The third-order valence-corrected chi connectivity index (χ3v) is 2.61. The molecule has 0 radical (unpaired) electrons. The van der Waals surface area contributed by atoms with Crippen LogP contribution in [0.3, 0.4) is 0 Å². The summed E-state index contributed by atoms with van der Waals surface area (Å²) in [5, 5.41) is 11.2. The highest BCUT2D eigenvalue weighted by Crippen LogP contribution is 2.27. The highest BCUT2D eigenvalue weighted by atomic mass is 79.9. The molecule has 1 N–H and O–H groups in total. The third-order valence-electron chi connectivity index (χ3n) is 1.98. The van der Waals surface area contributed by atoms with Gasteiger partial charge in [-0.2, -0.15) is 5.26 Å². The van der Waals surface area contributed by atoms with Crippen molar-refractivity contribution in [2.75, 3.05) is 11.9 Å². The average Bonchev–Trinajstić information content (AvgIpc) is 2.32. The van der Waals surface area contributed by atoms with Crippen molar-refractivity contribution in [1.82, 2.24) is 0 Å². The standard InChI is InChI=1S/C12H9BrF2N2O2/c1-2-19-12(18)7(5-16)6-17-11-9(13)3-8(14)4-10(11)15/h3-4,6,17H,2H2,1H3/b7-6+. The largest absolute Gasteiger partial charge is 0.462 e. The molecule has 0 aromatic heterocycles. The summed E-state index contributed by atoms with van der Waals surface area (Å²) in [5.74, 6) is -2.43. The van der Waals surface area contributed by atoms with Crippen LogP contribution < -0.4 is 5.32 Å². The first-order valence-corrected chi connectivity index (χ1v) is 5.97. The Morgan fingerprint density at radius 1 is 1.58 bits per heavy atom. The molecule has 19 heavy (non-hydrogen) atoms. The number of anilines is 1. The van der Waals surface area contributed by atoms with Gasteiger partial charge in [-0.1, -0.05) is 0 Å². The van der Waals surface area contributed by atoms with Crippen LogP contribution in [0.5, 0.6) is 0 Å². The van der Waals surface area contributed by atoms with Crippen molar-refractivity contribution in [3.05, 3.63) is 40.0 Å². The monoisotopic (exact) mass is 330 g/mol. The lowest BCUT2D eigenvalue weighted by molar-refractivity contribution is -0.138. The van der Waals surface area contributed by atoms with Crippen LogP contribution in [-0.2, 0) is 9.53 Å². The lowest BCUT2D eigenvalue weighted by Gasteiger charge is -2.06. The van der Waals surface area contributed by atoms with E-state index in [-0.39, 0.29) is 22.3 Å². The molecule has 1 aromatic carbocycles. The third kappa shape index (κ3) is 4.03. The first-order chi connectivity index (χ1) is 8.99. The number of hydrogen-bond acceptors (Lipinski definition) is 4. The number of benzene rings is 1. The lowest BCUT2D eigenvalue weighted by Crippen LogP contribution is -2.08. The number of carbonyl (C=O) groups is 1. The Morgan fingerprint density at radius 2 is 2.26 bits per heavy atom. The smallest absolute Gasteiger partial charge is 0.350 e. The average molecular weight is 331 g/mol. The second-order valence-corrected chi connectivity index (χ2v) is 4.13. The van der Waals surface area contributed by atoms with Gasteiger partial charge in [0.1, 0.15) is 11.9 Å². The summed E-state index contributed by atoms with van der Waals surface area (Å²) < 4.78 is 31.1. The summed E-state index contributed by atoms with van der Waals surface area (Å²) in [6.45, 7) is 1.71. The van der Waals surface area contributed by atoms with Crippen molar-refractivity contribution in [1.29, 1.82) is 5.26 Å². The zero-order chi connectivity index (χ0) is 14.4. The Bertz CT molecular complexity index is 544. The summed E-state index contributed by atoms with van der Waals surface area (Å²) in [4.78, 5) is 11.3. The number of halogens is 3. The molecule has 0 bridgehead atoms. The van der Waals surface area contributed by atoms with E-state index in [1.165, 1.54) is 0 Å². The Labute approximate surface area is 116 Å². The van der Waals surface area contributed by atoms with E-state index in [9.17, 15) is 13.6 Å². The molecule has 4 nitrogen and oxygen atoms in total. The molecule has 0 fully saturated rings. The van der Waals surface area contributed by atoms with Gasteiger partial charge in [0.2, 0.25) is 0 Å². The summed E-state index contributed by atoms with van der Waals surface area (Å²) >= 11 is 2.97. The number of ether oxygens (including phenoxy) is 1. The van der Waals surface area contributed by atoms with Gasteiger partial charge in [-0.25, -0.2) is 13.6 Å². The molecule has 0 saturated heterocycles. The van der Waals surface area contributed by atoms with Gasteiger partial charge in [0.15, 0.2) is 11.4 Å². The Hall–Kier alpha value is -1.94. The predicted molar refractivity (Wildman–Crippen MR) is 68.0 cm³/mol. The molecular weight excluding hydrogens is 322 g/mol. The summed E-state index contributed by atoms with van der Waals surface area (Å²) in [6.07, 6.45) is 0.999. The maximum Gasteiger partial charge on any atom is 0.350 e. The van der Waals surface area contributed by atoms with Crippen molar-refractivity contribution in [3.8, 4) is 6.07 Å². The molecule has 100 valence electrons. The number of nitrogens with one attached hydrogen (secondary N) is 1. The van der Waals surface area contributed by atoms with Crippen LogP contribution in [0.4, 0.5) is 14.5 Å². The van der Waals surface area contributed by atoms with Crippen LogP contribution in [0, 0.1) is 23.0 Å². The van der Waals surface area contributed by atoms with Crippen molar-refractivity contribution < 1.29 is 18.3 Å². The zero-order valence-corrected chi connectivity index (χ0v) is 11.4. The van der Waals surface area contributed by atoms with Crippen LogP contribution in [0.25, 0.3) is 0 Å². The summed E-state index contributed by atoms with van der Waals surface area (Å²) in [6, 6.07) is 3.35. The van der Waals surface area contributed by atoms with Gasteiger partial charge < -0.3 is 10.1 Å². The first kappa shape index (κ1) is 15.1. The van der Waals surface area contributed by atoms with Gasteiger partial charge in [0.05, 0.1) is 12.3 Å². The van der Waals surface area contributed by atoms with Crippen molar-refractivity contribution in [2.24, 2.45) is 0 Å². The zero-order valence-electron chi connectivity index (χ0n) is 9.84. The molecule has 1 aromatic rings. The Morgan fingerprint density at radius 3 is 2.79 bits per heavy atom. The minimum Gasteiger partial charge on any atom is -0.462 e. The number of rotatable bonds is 4. The van der Waals surface area contributed by atoms with Gasteiger partial charge in [0, 0.05) is 16.7 Å². The van der Waals surface area contributed by atoms with E-state index >= 15 is 0 Å². The van der Waals surface area contributed by atoms with Crippen molar-refractivity contribution in [2.45, 2.75) is 6.92 Å². The molecule has 1 rings (SSSR count). The second kappa shape index (κ2) is 6.85. The van der Waals surface area contributed by atoms with E-state index in [1.807, 2.05) is 0 Å². The van der Waals surface area contributed by atoms with Gasteiger partial charge >= 0.3 is 5.97 Å². The molecule has 0 aliphatic carbocycles. The number of nitriles is 1. The van der Waals surface area contributed by atoms with Crippen LogP contribution in [-0.4, -0.2) is 12.6 Å². The first-order valence-electron chi connectivity index (χ1n) is 5.18. The van der Waals surface area contributed by atoms with E-state index in [0.717, 1.165) is 12.3 Å². The maximum absolute atomic E-state index is 13.5. The number of carbonyl (C=O) groups excluding carboxylic acids is 1. The minimum absolute atomic E-state index is 0.0848. The number of esters is 1. The fourth-order valence-corrected chi connectivity index (χ4v) is 1.69. The normalized spacial score (nSPS) is 10.8. The molecule has 0 atom stereocenters. The van der Waals surface area contributed by atoms with E-state index in [0.29, 0.717) is 6.07 Å². The molecule has 0 amide bonds. The highest BCUT2D eigenvalue weighted by molar-refractivity contribution is 9.10. The van der Waals surface area contributed by atoms with E-state index in [4.69, 9.17) is 5.26 Å². The molecular formula is C12H9BrF2N2O2. The maximum atomic E-state index is 13.5. The lowest BCUT2D eigenvalue weighted by atomic mass is 10.3. The number of hydrogen-bond donors (Lipinski definition) is 1. The van der Waals surface area contributed by atoms with Gasteiger partial charge in [0.25, 0.3) is 0 Å². The summed E-state index contributed by atoms with van der Waals surface area (Å²) in [5.41, 5.74) is -0.407. The fraction of sp³-hybridized carbons (Fsp3) is 0.167. The Balaban J connectivity index is 2.97. The Kier molecular flexibility index (Phi) is 5.45.